The number of benzene rings is 2. The molecule has 0 saturated carbocycles. The van der Waals surface area contributed by atoms with Gasteiger partial charge in [0.25, 0.3) is 0 Å². The van der Waals surface area contributed by atoms with Crippen LogP contribution in [-0.4, -0.2) is 28.3 Å². The Morgan fingerprint density at radius 3 is 2.30 bits per heavy atom. The van der Waals surface area contributed by atoms with E-state index in [2.05, 4.69) is 5.32 Å². The summed E-state index contributed by atoms with van der Waals surface area (Å²) in [4.78, 5) is 0. The molecule has 1 fully saturated rings. The minimum absolute atomic E-state index is 0. The highest BCUT2D eigenvalue weighted by molar-refractivity contribution is 7.91. The Morgan fingerprint density at radius 1 is 1.10 bits per heavy atom. The molecule has 0 aliphatic carbocycles. The van der Waals surface area contributed by atoms with Gasteiger partial charge in [-0.1, -0.05) is 12.1 Å². The molecular formula is C19H21ClF5N3OS. The van der Waals surface area contributed by atoms with Crippen molar-refractivity contribution in [1.29, 1.82) is 4.78 Å². The largest absolute Gasteiger partial charge is 0.492 e. The quantitative estimate of drug-likeness (QED) is 0.555. The molecule has 2 aromatic carbocycles. The highest BCUT2D eigenvalue weighted by Crippen LogP contribution is 2.27. The Balaban J connectivity index is 0.00000320. The van der Waals surface area contributed by atoms with Crippen molar-refractivity contribution in [3.63, 3.8) is 0 Å². The summed E-state index contributed by atoms with van der Waals surface area (Å²) < 4.78 is 86.8. The van der Waals surface area contributed by atoms with Gasteiger partial charge in [-0.3, -0.25) is 0 Å². The Labute approximate surface area is 177 Å². The van der Waals surface area contributed by atoms with E-state index in [1.807, 2.05) is 4.72 Å². The number of halogens is 6. The third-order valence-electron chi connectivity index (χ3n) is 4.78. The summed E-state index contributed by atoms with van der Waals surface area (Å²) in [5.74, 6) is -1.01. The van der Waals surface area contributed by atoms with Crippen molar-refractivity contribution in [2.75, 3.05) is 6.54 Å². The van der Waals surface area contributed by atoms with Gasteiger partial charge in [0, 0.05) is 12.1 Å². The number of alkyl halides is 3. The van der Waals surface area contributed by atoms with Crippen LogP contribution in [0.2, 0.25) is 0 Å². The van der Waals surface area contributed by atoms with E-state index in [4.69, 9.17) is 4.78 Å². The Hall–Kier alpha value is -1.75. The minimum atomic E-state index is -5.18. The maximum absolute atomic E-state index is 14.2. The minimum Gasteiger partial charge on any atom is -0.312 e. The molecule has 2 aromatic rings. The van der Waals surface area contributed by atoms with Crippen molar-refractivity contribution in [2.24, 2.45) is 0 Å². The van der Waals surface area contributed by atoms with Crippen molar-refractivity contribution in [3.8, 4) is 11.1 Å². The zero-order valence-electron chi connectivity index (χ0n) is 15.9. The lowest BCUT2D eigenvalue weighted by Crippen LogP contribution is -2.48. The van der Waals surface area contributed by atoms with Crippen LogP contribution in [0, 0.1) is 23.3 Å². The van der Waals surface area contributed by atoms with Gasteiger partial charge in [-0.25, -0.2) is 22.5 Å². The molecule has 0 spiro atoms. The maximum atomic E-state index is 14.2. The molecule has 1 aliphatic rings. The number of nitrogens with one attached hydrogen (secondary N) is 3. The molecule has 3 rings (SSSR count). The third-order valence-corrected chi connectivity index (χ3v) is 6.07. The van der Waals surface area contributed by atoms with Crippen LogP contribution in [0.1, 0.15) is 17.5 Å². The summed E-state index contributed by atoms with van der Waals surface area (Å²) in [5, 5.41) is 3.00. The summed E-state index contributed by atoms with van der Waals surface area (Å²) >= 11 is 0. The molecule has 11 heteroatoms. The SMILES string of the molecule is Cc1cc(F)cc(-c2cc(F)cc(C[C@@H]3NCC[C@@H]3NS(=N)(=O)C(F)(F)F)c2)c1.Cl. The van der Waals surface area contributed by atoms with Crippen LogP contribution in [0.4, 0.5) is 22.0 Å². The average Bonchev–Trinajstić information content (AvgIpc) is 2.98. The van der Waals surface area contributed by atoms with E-state index in [9.17, 15) is 26.2 Å². The van der Waals surface area contributed by atoms with E-state index in [1.165, 1.54) is 24.3 Å². The van der Waals surface area contributed by atoms with Crippen LogP contribution < -0.4 is 10.0 Å². The van der Waals surface area contributed by atoms with E-state index in [-0.39, 0.29) is 25.2 Å². The van der Waals surface area contributed by atoms with Gasteiger partial charge in [0.05, 0.1) is 0 Å². The molecule has 166 valence electrons. The number of rotatable bonds is 5. The molecule has 1 heterocycles. The third kappa shape index (κ3) is 5.69. The fourth-order valence-electron chi connectivity index (χ4n) is 3.49. The molecule has 1 aliphatic heterocycles. The lowest BCUT2D eigenvalue weighted by molar-refractivity contribution is -0.0420. The van der Waals surface area contributed by atoms with Crippen molar-refractivity contribution in [3.05, 3.63) is 59.2 Å². The second-order valence-corrected chi connectivity index (χ2v) is 8.96. The molecule has 0 aromatic heterocycles. The molecule has 3 N–H and O–H groups in total. The number of hydrogen-bond donors (Lipinski definition) is 3. The fourth-order valence-corrected chi connectivity index (χ4v) is 4.34. The zero-order valence-corrected chi connectivity index (χ0v) is 17.5. The van der Waals surface area contributed by atoms with Crippen LogP contribution >= 0.6 is 12.4 Å². The van der Waals surface area contributed by atoms with Crippen molar-refractivity contribution in [2.45, 2.75) is 37.4 Å². The van der Waals surface area contributed by atoms with Crippen molar-refractivity contribution in [1.82, 2.24) is 10.0 Å². The number of hydrogen-bond acceptors (Lipinski definition) is 3. The van der Waals surface area contributed by atoms with Crippen LogP contribution in [0.25, 0.3) is 11.1 Å². The van der Waals surface area contributed by atoms with Crippen molar-refractivity contribution >= 4 is 22.3 Å². The molecule has 0 radical (unpaired) electrons. The van der Waals surface area contributed by atoms with E-state index >= 15 is 0 Å². The topological polar surface area (TPSA) is 65.0 Å². The van der Waals surface area contributed by atoms with E-state index in [1.54, 1.807) is 19.1 Å². The van der Waals surface area contributed by atoms with Gasteiger partial charge < -0.3 is 5.32 Å². The molecule has 0 amide bonds. The second kappa shape index (κ2) is 9.17. The van der Waals surface area contributed by atoms with Crippen LogP contribution in [0.15, 0.2) is 36.4 Å². The standard InChI is InChI=1S/C19H20F5N3OS.ClH/c1-11-4-13(9-15(20)5-11)14-6-12(7-16(21)10-14)8-18-17(2-3-26-18)27-29(25,28)19(22,23)24;/h4-7,9-10,17-18,26H,2-3,8H2,1H3,(H2,25,27,28);1H/t17-,18-,29?;/m0./s1. The summed E-state index contributed by atoms with van der Waals surface area (Å²) in [6, 6.07) is 7.08. The van der Waals surface area contributed by atoms with Gasteiger partial charge >= 0.3 is 5.51 Å². The lowest BCUT2D eigenvalue weighted by atomic mass is 9.96. The van der Waals surface area contributed by atoms with Gasteiger partial charge in [-0.15, -0.1) is 12.4 Å². The average molecular weight is 470 g/mol. The second-order valence-electron chi connectivity index (χ2n) is 7.15. The van der Waals surface area contributed by atoms with Gasteiger partial charge in [0.1, 0.15) is 11.6 Å². The monoisotopic (exact) mass is 469 g/mol. The van der Waals surface area contributed by atoms with E-state index < -0.39 is 39.1 Å². The number of aryl methyl sites for hydroxylation is 1. The first-order valence-corrected chi connectivity index (χ1v) is 10.4. The molecule has 1 unspecified atom stereocenters. The molecule has 30 heavy (non-hydrogen) atoms. The molecule has 4 nitrogen and oxygen atoms in total. The molecule has 3 atom stereocenters. The first kappa shape index (κ1) is 24.5. The molecule has 1 saturated heterocycles. The van der Waals surface area contributed by atoms with Crippen LogP contribution in [-0.2, 0) is 16.3 Å². The fraction of sp³-hybridized carbons (Fsp3) is 0.368. The lowest BCUT2D eigenvalue weighted by Gasteiger charge is -2.23. The van der Waals surface area contributed by atoms with Crippen LogP contribution in [0.5, 0.6) is 0 Å². The highest BCUT2D eigenvalue weighted by Gasteiger charge is 2.44. The Morgan fingerprint density at radius 2 is 1.70 bits per heavy atom. The first-order valence-electron chi connectivity index (χ1n) is 8.87. The van der Waals surface area contributed by atoms with Gasteiger partial charge in [-0.2, -0.15) is 13.2 Å². The summed E-state index contributed by atoms with van der Waals surface area (Å²) in [6.45, 7) is 2.09. The Kier molecular flexibility index (Phi) is 7.49. The maximum Gasteiger partial charge on any atom is 0.492 e. The van der Waals surface area contributed by atoms with Gasteiger partial charge in [0.15, 0.2) is 0 Å². The smallest absolute Gasteiger partial charge is 0.312 e. The molecular weight excluding hydrogens is 449 g/mol. The van der Waals surface area contributed by atoms with E-state index in [0.29, 0.717) is 28.8 Å². The van der Waals surface area contributed by atoms with Crippen molar-refractivity contribution < 1.29 is 26.2 Å². The van der Waals surface area contributed by atoms with Crippen LogP contribution in [0.3, 0.4) is 0 Å². The molecule has 0 bridgehead atoms. The first-order chi connectivity index (χ1) is 13.4. The zero-order chi connectivity index (χ0) is 21.4. The highest BCUT2D eigenvalue weighted by atomic mass is 35.5. The predicted octanol–water partition coefficient (Wildman–Crippen LogP) is 4.71. The van der Waals surface area contributed by atoms with Gasteiger partial charge in [-0.05, 0) is 72.8 Å². The van der Waals surface area contributed by atoms with E-state index in [0.717, 1.165) is 0 Å². The predicted molar refractivity (Wildman–Crippen MR) is 108 cm³/mol. The normalized spacial score (nSPS) is 21.1. The van der Waals surface area contributed by atoms with Gasteiger partial charge in [0.2, 0.25) is 9.92 Å². The summed E-state index contributed by atoms with van der Waals surface area (Å²) in [5.41, 5.74) is -3.07. The Bertz CT molecular complexity index is 993. The summed E-state index contributed by atoms with van der Waals surface area (Å²) in [6.07, 6.45) is 0.409. The summed E-state index contributed by atoms with van der Waals surface area (Å²) in [7, 11) is -4.98.